The highest BCUT2D eigenvalue weighted by molar-refractivity contribution is 5.45. The fourth-order valence-corrected chi connectivity index (χ4v) is 2.97. The summed E-state index contributed by atoms with van der Waals surface area (Å²) in [7, 11) is 0. The van der Waals surface area contributed by atoms with Gasteiger partial charge in [-0.3, -0.25) is 0 Å². The molecule has 2 heteroatoms. The van der Waals surface area contributed by atoms with Gasteiger partial charge >= 0.3 is 0 Å². The summed E-state index contributed by atoms with van der Waals surface area (Å²) in [6.07, 6.45) is 3.85. The van der Waals surface area contributed by atoms with Crippen LogP contribution >= 0.6 is 0 Å². The zero-order chi connectivity index (χ0) is 16.7. The van der Waals surface area contributed by atoms with Gasteiger partial charge in [-0.15, -0.1) is 0 Å². The largest absolute Gasteiger partial charge is 0.399 e. The summed E-state index contributed by atoms with van der Waals surface area (Å²) >= 11 is 0. The second-order valence-corrected chi connectivity index (χ2v) is 6.63. The van der Waals surface area contributed by atoms with Crippen LogP contribution in [0.4, 0.5) is 5.69 Å². The van der Waals surface area contributed by atoms with Crippen LogP contribution in [-0.2, 0) is 5.41 Å². The minimum absolute atomic E-state index is 0.0569. The van der Waals surface area contributed by atoms with Crippen LogP contribution in [0.3, 0.4) is 0 Å². The lowest BCUT2D eigenvalue weighted by atomic mass is 9.74. The summed E-state index contributed by atoms with van der Waals surface area (Å²) in [5, 5.41) is 3.22. The molecule has 2 nitrogen and oxygen atoms in total. The third kappa shape index (κ3) is 4.59. The molecule has 1 aliphatic rings. The molecule has 1 saturated heterocycles. The Morgan fingerprint density at radius 2 is 1.39 bits per heavy atom. The van der Waals surface area contributed by atoms with Crippen molar-refractivity contribution < 1.29 is 0 Å². The van der Waals surface area contributed by atoms with Crippen molar-refractivity contribution in [1.82, 2.24) is 5.32 Å². The van der Waals surface area contributed by atoms with Gasteiger partial charge in [-0.2, -0.15) is 0 Å². The number of hydrogen-bond donors (Lipinski definition) is 2. The van der Waals surface area contributed by atoms with Crippen LogP contribution < -0.4 is 11.1 Å². The van der Waals surface area contributed by atoms with E-state index >= 15 is 0 Å². The lowest BCUT2D eigenvalue weighted by molar-refractivity contribution is 0.550. The van der Waals surface area contributed by atoms with Crippen molar-refractivity contribution in [2.24, 2.45) is 0 Å². The number of rotatable bonds is 3. The lowest BCUT2D eigenvalue weighted by Crippen LogP contribution is -2.22. The average Bonchev–Trinajstić information content (AvgIpc) is 3.15. The van der Waals surface area contributed by atoms with Crippen molar-refractivity contribution in [1.29, 1.82) is 0 Å². The second kappa shape index (κ2) is 8.16. The minimum Gasteiger partial charge on any atom is -0.399 e. The number of anilines is 1. The van der Waals surface area contributed by atoms with Crippen LogP contribution in [0.2, 0.25) is 0 Å². The van der Waals surface area contributed by atoms with Crippen molar-refractivity contribution >= 4 is 5.69 Å². The second-order valence-electron chi connectivity index (χ2n) is 6.63. The van der Waals surface area contributed by atoms with Crippen molar-refractivity contribution in [2.45, 2.75) is 45.4 Å². The highest BCUT2D eigenvalue weighted by Crippen LogP contribution is 2.35. The summed E-state index contributed by atoms with van der Waals surface area (Å²) in [5.74, 6) is 0. The summed E-state index contributed by atoms with van der Waals surface area (Å²) in [5.41, 5.74) is 10.6. The van der Waals surface area contributed by atoms with E-state index in [9.17, 15) is 0 Å². The van der Waals surface area contributed by atoms with Crippen molar-refractivity contribution in [2.75, 3.05) is 18.8 Å². The summed E-state index contributed by atoms with van der Waals surface area (Å²) in [6, 6.07) is 17.1. The molecule has 3 rings (SSSR count). The first-order valence-electron chi connectivity index (χ1n) is 8.70. The highest BCUT2D eigenvalue weighted by Gasteiger charge is 2.26. The maximum absolute atomic E-state index is 5.77. The van der Waals surface area contributed by atoms with E-state index in [4.69, 9.17) is 5.73 Å². The monoisotopic (exact) mass is 310 g/mol. The van der Waals surface area contributed by atoms with Gasteiger partial charge < -0.3 is 11.1 Å². The maximum Gasteiger partial charge on any atom is 0.0314 e. The fourth-order valence-electron chi connectivity index (χ4n) is 2.97. The fraction of sp³-hybridized carbons (Fsp3) is 0.429. The zero-order valence-electron chi connectivity index (χ0n) is 14.7. The number of nitrogens with two attached hydrogens (primary N) is 1. The van der Waals surface area contributed by atoms with Gasteiger partial charge in [0.05, 0.1) is 0 Å². The highest BCUT2D eigenvalue weighted by atomic mass is 14.9. The van der Waals surface area contributed by atoms with Crippen LogP contribution in [0, 0.1) is 6.92 Å². The predicted octanol–water partition coefficient (Wildman–Crippen LogP) is 4.66. The molecule has 0 radical (unpaired) electrons. The Kier molecular flexibility index (Phi) is 6.23. The molecule has 1 aliphatic heterocycles. The minimum atomic E-state index is 0.0569. The summed E-state index contributed by atoms with van der Waals surface area (Å²) < 4.78 is 0. The molecule has 1 heterocycles. The Hall–Kier alpha value is -1.80. The summed E-state index contributed by atoms with van der Waals surface area (Å²) in [6.45, 7) is 9.15. The molecule has 0 aliphatic carbocycles. The molecule has 3 N–H and O–H groups in total. The third-order valence-electron chi connectivity index (χ3n) is 4.90. The van der Waals surface area contributed by atoms with Gasteiger partial charge in [-0.05, 0) is 62.5 Å². The Bertz CT molecular complexity index is 527. The quantitative estimate of drug-likeness (QED) is 0.809. The van der Waals surface area contributed by atoms with E-state index in [0.717, 1.165) is 12.1 Å². The molecule has 23 heavy (non-hydrogen) atoms. The van der Waals surface area contributed by atoms with Crippen LogP contribution in [0.1, 0.15) is 49.8 Å². The Labute approximate surface area is 141 Å². The molecule has 0 aromatic heterocycles. The van der Waals surface area contributed by atoms with Gasteiger partial charge in [0.15, 0.2) is 0 Å². The smallest absolute Gasteiger partial charge is 0.0314 e. The molecule has 0 bridgehead atoms. The van der Waals surface area contributed by atoms with Gasteiger partial charge in [-0.25, -0.2) is 0 Å². The molecule has 0 amide bonds. The van der Waals surface area contributed by atoms with Crippen molar-refractivity contribution in [3.8, 4) is 0 Å². The molecule has 124 valence electrons. The topological polar surface area (TPSA) is 38.0 Å². The van der Waals surface area contributed by atoms with Gasteiger partial charge in [0.2, 0.25) is 0 Å². The predicted molar refractivity (Wildman–Crippen MR) is 101 cm³/mol. The third-order valence-corrected chi connectivity index (χ3v) is 4.90. The average molecular weight is 310 g/mol. The van der Waals surface area contributed by atoms with Crippen LogP contribution in [-0.4, -0.2) is 13.1 Å². The van der Waals surface area contributed by atoms with Crippen LogP contribution in [0.25, 0.3) is 0 Å². The van der Waals surface area contributed by atoms with E-state index in [1.54, 1.807) is 0 Å². The van der Waals surface area contributed by atoms with Gasteiger partial charge in [-0.1, -0.05) is 55.8 Å². The standard InChI is InChI=1S/C17H21N.C4H9N/c1-4-17(3,14-7-5-13(2)6-8-14)15-9-11-16(18)12-10-15;1-2-4-5-3-1/h5-12H,4,18H2,1-3H3;5H,1-4H2/t17-;/m1./s1. The van der Waals surface area contributed by atoms with Gasteiger partial charge in [0.1, 0.15) is 0 Å². The molecule has 2 aromatic carbocycles. The summed E-state index contributed by atoms with van der Waals surface area (Å²) in [4.78, 5) is 0. The number of benzene rings is 2. The van der Waals surface area contributed by atoms with Crippen LogP contribution in [0.15, 0.2) is 48.5 Å². The van der Waals surface area contributed by atoms with E-state index in [2.05, 4.69) is 62.5 Å². The molecule has 0 spiro atoms. The molecule has 0 saturated carbocycles. The first kappa shape index (κ1) is 17.6. The van der Waals surface area contributed by atoms with E-state index in [-0.39, 0.29) is 5.41 Å². The lowest BCUT2D eigenvalue weighted by Gasteiger charge is -2.30. The number of hydrogen-bond acceptors (Lipinski definition) is 2. The first-order valence-corrected chi connectivity index (χ1v) is 8.70. The Morgan fingerprint density at radius 1 is 0.913 bits per heavy atom. The van der Waals surface area contributed by atoms with E-state index in [1.165, 1.54) is 42.6 Å². The van der Waals surface area contributed by atoms with Crippen molar-refractivity contribution in [3.05, 3.63) is 65.2 Å². The molecule has 0 unspecified atom stereocenters. The molecule has 1 atom stereocenters. The number of aryl methyl sites for hydroxylation is 1. The van der Waals surface area contributed by atoms with Gasteiger partial charge in [0.25, 0.3) is 0 Å². The maximum atomic E-state index is 5.77. The molecule has 2 aromatic rings. The van der Waals surface area contributed by atoms with Gasteiger partial charge in [0, 0.05) is 11.1 Å². The Morgan fingerprint density at radius 3 is 1.78 bits per heavy atom. The van der Waals surface area contributed by atoms with Crippen LogP contribution in [0.5, 0.6) is 0 Å². The molecular formula is C21H30N2. The zero-order valence-corrected chi connectivity index (χ0v) is 14.7. The Balaban J connectivity index is 0.000000326. The van der Waals surface area contributed by atoms with Crippen molar-refractivity contribution in [3.63, 3.8) is 0 Å². The first-order chi connectivity index (χ1) is 11.1. The van der Waals surface area contributed by atoms with E-state index in [0.29, 0.717) is 0 Å². The number of nitrogen functional groups attached to an aromatic ring is 1. The normalized spacial score (nSPS) is 16.3. The number of nitrogens with one attached hydrogen (secondary N) is 1. The SMILES string of the molecule is C1CCNC1.CC[C@](C)(c1ccc(C)cc1)c1ccc(N)cc1. The van der Waals surface area contributed by atoms with E-state index in [1.807, 2.05) is 12.1 Å². The van der Waals surface area contributed by atoms with E-state index < -0.39 is 0 Å². The molecular weight excluding hydrogens is 280 g/mol. The molecule has 1 fully saturated rings.